The summed E-state index contributed by atoms with van der Waals surface area (Å²) in [6.45, 7) is 7.58. The number of ether oxygens (including phenoxy) is 1. The molecule has 0 fully saturated rings. The molecule has 2 nitrogen and oxygen atoms in total. The zero-order chi connectivity index (χ0) is 14.3. The van der Waals surface area contributed by atoms with E-state index in [9.17, 15) is 0 Å². The van der Waals surface area contributed by atoms with Crippen molar-refractivity contribution in [1.82, 2.24) is 5.32 Å². The molecule has 1 N–H and O–H groups in total. The van der Waals surface area contributed by atoms with Crippen LogP contribution in [0.25, 0.3) is 0 Å². The lowest BCUT2D eigenvalue weighted by Gasteiger charge is -2.22. The first-order valence-electron chi connectivity index (χ1n) is 7.01. The molecule has 0 aromatic heterocycles. The highest BCUT2D eigenvalue weighted by Crippen LogP contribution is 2.28. The zero-order valence-corrected chi connectivity index (χ0v) is 13.7. The first-order chi connectivity index (χ1) is 9.13. The fraction of sp³-hybridized carbons (Fsp3) is 0.625. The van der Waals surface area contributed by atoms with Gasteiger partial charge in [0.2, 0.25) is 0 Å². The Morgan fingerprint density at radius 2 is 2.00 bits per heavy atom. The monoisotopic (exact) mass is 281 g/mol. The Kier molecular flexibility index (Phi) is 7.32. The molecule has 0 aliphatic carbocycles. The van der Waals surface area contributed by atoms with Gasteiger partial charge in [0, 0.05) is 6.04 Å². The number of rotatable bonds is 8. The number of hydrogen-bond acceptors (Lipinski definition) is 3. The summed E-state index contributed by atoms with van der Waals surface area (Å²) in [5, 5.41) is 3.67. The van der Waals surface area contributed by atoms with Crippen LogP contribution in [0.4, 0.5) is 0 Å². The van der Waals surface area contributed by atoms with Crippen molar-refractivity contribution >= 4 is 11.8 Å². The Morgan fingerprint density at radius 1 is 1.26 bits per heavy atom. The standard InChI is InChI=1S/C16H27NOS/c1-6-8-17-15(7-9-19-5)14-10-13(3)16(18-4)11-12(14)2/h10-11,15,17H,6-9H2,1-5H3. The number of aryl methyl sites for hydroxylation is 2. The maximum absolute atomic E-state index is 5.40. The Balaban J connectivity index is 2.96. The second-order valence-corrected chi connectivity index (χ2v) is 5.95. The molecule has 1 unspecified atom stereocenters. The third-order valence-corrected chi connectivity index (χ3v) is 4.05. The van der Waals surface area contributed by atoms with Gasteiger partial charge < -0.3 is 10.1 Å². The fourth-order valence-electron chi connectivity index (χ4n) is 2.33. The number of thioether (sulfide) groups is 1. The molecule has 1 aromatic carbocycles. The highest BCUT2D eigenvalue weighted by molar-refractivity contribution is 7.98. The van der Waals surface area contributed by atoms with Crippen molar-refractivity contribution in [2.75, 3.05) is 25.7 Å². The van der Waals surface area contributed by atoms with Crippen LogP contribution in [-0.4, -0.2) is 25.7 Å². The number of benzene rings is 1. The second-order valence-electron chi connectivity index (χ2n) is 4.97. The van der Waals surface area contributed by atoms with Crippen LogP contribution in [-0.2, 0) is 0 Å². The molecule has 0 spiro atoms. The lowest BCUT2D eigenvalue weighted by atomic mass is 9.96. The summed E-state index contributed by atoms with van der Waals surface area (Å²) in [6.07, 6.45) is 4.51. The van der Waals surface area contributed by atoms with Crippen molar-refractivity contribution in [1.29, 1.82) is 0 Å². The predicted octanol–water partition coefficient (Wildman–Crippen LogP) is 4.11. The maximum Gasteiger partial charge on any atom is 0.122 e. The van der Waals surface area contributed by atoms with Gasteiger partial charge in [-0.3, -0.25) is 0 Å². The largest absolute Gasteiger partial charge is 0.496 e. The molecule has 1 atom stereocenters. The molecule has 0 saturated heterocycles. The van der Waals surface area contributed by atoms with Gasteiger partial charge in [-0.15, -0.1) is 0 Å². The van der Waals surface area contributed by atoms with Gasteiger partial charge in [-0.25, -0.2) is 0 Å². The molecule has 3 heteroatoms. The molecular formula is C16H27NOS. The van der Waals surface area contributed by atoms with Crippen LogP contribution in [0.15, 0.2) is 12.1 Å². The molecular weight excluding hydrogens is 254 g/mol. The van der Waals surface area contributed by atoms with E-state index in [4.69, 9.17) is 4.74 Å². The van der Waals surface area contributed by atoms with E-state index in [0.29, 0.717) is 6.04 Å². The Bertz CT molecular complexity index is 385. The lowest BCUT2D eigenvalue weighted by molar-refractivity contribution is 0.410. The average molecular weight is 281 g/mol. The normalized spacial score (nSPS) is 12.5. The molecule has 0 saturated carbocycles. The molecule has 0 radical (unpaired) electrons. The molecule has 0 amide bonds. The third-order valence-electron chi connectivity index (χ3n) is 3.41. The van der Waals surface area contributed by atoms with E-state index in [0.717, 1.165) is 12.3 Å². The molecule has 0 aliphatic heterocycles. The maximum atomic E-state index is 5.40. The van der Waals surface area contributed by atoms with E-state index in [-0.39, 0.29) is 0 Å². The SMILES string of the molecule is CCCNC(CCSC)c1cc(C)c(OC)cc1C. The van der Waals surface area contributed by atoms with Gasteiger partial charge in [-0.2, -0.15) is 11.8 Å². The highest BCUT2D eigenvalue weighted by atomic mass is 32.2. The second kappa shape index (κ2) is 8.49. The molecule has 19 heavy (non-hydrogen) atoms. The molecule has 0 bridgehead atoms. The van der Waals surface area contributed by atoms with Gasteiger partial charge >= 0.3 is 0 Å². The summed E-state index contributed by atoms with van der Waals surface area (Å²) < 4.78 is 5.40. The van der Waals surface area contributed by atoms with Crippen molar-refractivity contribution < 1.29 is 4.74 Å². The van der Waals surface area contributed by atoms with Crippen LogP contribution >= 0.6 is 11.8 Å². The highest BCUT2D eigenvalue weighted by Gasteiger charge is 2.14. The molecule has 108 valence electrons. The van der Waals surface area contributed by atoms with Gasteiger partial charge in [0.05, 0.1) is 7.11 Å². The molecule has 1 rings (SSSR count). The quantitative estimate of drug-likeness (QED) is 0.775. The van der Waals surface area contributed by atoms with Gasteiger partial charge in [0.15, 0.2) is 0 Å². The first-order valence-corrected chi connectivity index (χ1v) is 8.40. The third kappa shape index (κ3) is 4.73. The van der Waals surface area contributed by atoms with Crippen LogP contribution in [0, 0.1) is 13.8 Å². The van der Waals surface area contributed by atoms with Crippen molar-refractivity contribution in [3.05, 3.63) is 28.8 Å². The van der Waals surface area contributed by atoms with Crippen molar-refractivity contribution in [3.63, 3.8) is 0 Å². The molecule has 0 aliphatic rings. The minimum Gasteiger partial charge on any atom is -0.496 e. The van der Waals surface area contributed by atoms with Crippen LogP contribution in [0.3, 0.4) is 0 Å². The van der Waals surface area contributed by atoms with Crippen molar-refractivity contribution in [3.8, 4) is 5.75 Å². The van der Waals surface area contributed by atoms with E-state index in [1.807, 2.05) is 11.8 Å². The van der Waals surface area contributed by atoms with E-state index < -0.39 is 0 Å². The number of nitrogens with one attached hydrogen (secondary N) is 1. The predicted molar refractivity (Wildman–Crippen MR) is 86.5 cm³/mol. The summed E-state index contributed by atoms with van der Waals surface area (Å²) in [6, 6.07) is 4.89. The van der Waals surface area contributed by atoms with Crippen molar-refractivity contribution in [2.24, 2.45) is 0 Å². The fourth-order valence-corrected chi connectivity index (χ4v) is 2.80. The van der Waals surface area contributed by atoms with Gasteiger partial charge in [-0.05, 0) is 68.0 Å². The van der Waals surface area contributed by atoms with E-state index in [1.165, 1.54) is 35.3 Å². The van der Waals surface area contributed by atoms with E-state index >= 15 is 0 Å². The topological polar surface area (TPSA) is 21.3 Å². The van der Waals surface area contributed by atoms with Gasteiger partial charge in [0.1, 0.15) is 5.75 Å². The number of methoxy groups -OCH3 is 1. The minimum atomic E-state index is 0.456. The lowest BCUT2D eigenvalue weighted by Crippen LogP contribution is -2.23. The summed E-state index contributed by atoms with van der Waals surface area (Å²) in [5.74, 6) is 2.17. The number of hydrogen-bond donors (Lipinski definition) is 1. The molecule has 0 heterocycles. The summed E-state index contributed by atoms with van der Waals surface area (Å²) in [5.41, 5.74) is 3.95. The smallest absolute Gasteiger partial charge is 0.122 e. The Morgan fingerprint density at radius 3 is 2.58 bits per heavy atom. The first kappa shape index (κ1) is 16.4. The summed E-state index contributed by atoms with van der Waals surface area (Å²) in [4.78, 5) is 0. The average Bonchev–Trinajstić information content (AvgIpc) is 2.41. The van der Waals surface area contributed by atoms with Crippen LogP contribution in [0.1, 0.15) is 42.5 Å². The summed E-state index contributed by atoms with van der Waals surface area (Å²) >= 11 is 1.91. The van der Waals surface area contributed by atoms with Crippen LogP contribution in [0.2, 0.25) is 0 Å². The Labute approximate surface area is 122 Å². The van der Waals surface area contributed by atoms with Crippen molar-refractivity contribution in [2.45, 2.75) is 39.7 Å². The summed E-state index contributed by atoms with van der Waals surface area (Å²) in [7, 11) is 1.74. The van der Waals surface area contributed by atoms with Crippen LogP contribution in [0.5, 0.6) is 5.75 Å². The van der Waals surface area contributed by atoms with E-state index in [1.54, 1.807) is 7.11 Å². The van der Waals surface area contributed by atoms with Gasteiger partial charge in [-0.1, -0.05) is 13.0 Å². The molecule has 1 aromatic rings. The zero-order valence-electron chi connectivity index (χ0n) is 12.9. The van der Waals surface area contributed by atoms with Gasteiger partial charge in [0.25, 0.3) is 0 Å². The van der Waals surface area contributed by atoms with E-state index in [2.05, 4.69) is 44.5 Å². The Hall–Kier alpha value is -0.670. The minimum absolute atomic E-state index is 0.456. The van der Waals surface area contributed by atoms with Crippen LogP contribution < -0.4 is 10.1 Å².